The Labute approximate surface area is 105 Å². The first kappa shape index (κ1) is 21.5. The molecule has 0 aliphatic carbocycles. The molecule has 0 spiro atoms. The van der Waals surface area contributed by atoms with Gasteiger partial charge in [0.25, 0.3) is 0 Å². The minimum Gasteiger partial charge on any atom is -0.759 e. The summed E-state index contributed by atoms with van der Waals surface area (Å²) in [6.07, 6.45) is -4.30. The third kappa shape index (κ3) is 10.8. The Bertz CT molecular complexity index is 270. The van der Waals surface area contributed by atoms with E-state index in [0.717, 1.165) is 6.92 Å². The van der Waals surface area contributed by atoms with Crippen LogP contribution < -0.4 is 11.5 Å². The normalized spacial score (nSPS) is 12.2. The standard InChI is InChI=1S/C5H11F3N2.H2O4S.Pt/c1-4(2-9,3-10)5(6,7)8;1-5(2,3)4;/h2-3,9-10H2,1H3;(H2,1,2,3,4);/q;;+2/p-2. The van der Waals surface area contributed by atoms with Crippen molar-refractivity contribution in [1.82, 2.24) is 0 Å². The molecule has 0 fully saturated rings. The number of halogens is 3. The molecule has 0 rings (SSSR count). The number of rotatable bonds is 2. The van der Waals surface area contributed by atoms with Crippen LogP contribution in [0.5, 0.6) is 0 Å². The molecule has 0 aromatic heterocycles. The van der Waals surface area contributed by atoms with Crippen molar-refractivity contribution in [3.8, 4) is 0 Å². The van der Waals surface area contributed by atoms with E-state index in [1.54, 1.807) is 0 Å². The van der Waals surface area contributed by atoms with E-state index in [9.17, 15) is 13.2 Å². The van der Waals surface area contributed by atoms with Gasteiger partial charge in [-0.2, -0.15) is 13.2 Å². The van der Waals surface area contributed by atoms with Gasteiger partial charge in [0.1, 0.15) is 0 Å². The fourth-order valence-corrected chi connectivity index (χ4v) is 0.315. The fraction of sp³-hybridized carbons (Fsp3) is 1.00. The second kappa shape index (κ2) is 7.57. The van der Waals surface area contributed by atoms with E-state index in [-0.39, 0.29) is 21.1 Å². The Morgan fingerprint density at radius 3 is 1.31 bits per heavy atom. The molecule has 11 heteroatoms. The second-order valence-corrected chi connectivity index (χ2v) is 3.69. The Kier molecular flexibility index (Phi) is 10.2. The van der Waals surface area contributed by atoms with Gasteiger partial charge in [-0.25, -0.2) is 0 Å². The molecule has 16 heavy (non-hydrogen) atoms. The summed E-state index contributed by atoms with van der Waals surface area (Å²) in [6.45, 7) is 0.0764. The molecule has 0 unspecified atom stereocenters. The number of hydrogen-bond donors (Lipinski definition) is 2. The van der Waals surface area contributed by atoms with Crippen molar-refractivity contribution in [3.05, 3.63) is 0 Å². The largest absolute Gasteiger partial charge is 2.00 e. The van der Waals surface area contributed by atoms with Crippen LogP contribution in [0.25, 0.3) is 0 Å². The van der Waals surface area contributed by atoms with Crippen molar-refractivity contribution in [1.29, 1.82) is 0 Å². The van der Waals surface area contributed by atoms with Gasteiger partial charge in [0.2, 0.25) is 0 Å². The van der Waals surface area contributed by atoms with Gasteiger partial charge in [0, 0.05) is 23.5 Å². The zero-order valence-electron chi connectivity index (χ0n) is 8.06. The van der Waals surface area contributed by atoms with Crippen molar-refractivity contribution in [3.63, 3.8) is 0 Å². The summed E-state index contributed by atoms with van der Waals surface area (Å²) in [5, 5.41) is 0. The predicted octanol–water partition coefficient (Wildman–Crippen LogP) is -0.868. The minimum atomic E-state index is -5.17. The Balaban J connectivity index is -0.000000242. The van der Waals surface area contributed by atoms with E-state index < -0.39 is 35.1 Å². The molecule has 0 aliphatic rings. The van der Waals surface area contributed by atoms with E-state index in [0.29, 0.717) is 0 Å². The van der Waals surface area contributed by atoms with Crippen LogP contribution in [0.4, 0.5) is 13.2 Å². The smallest absolute Gasteiger partial charge is 0.759 e. The van der Waals surface area contributed by atoms with Gasteiger partial charge < -0.3 is 20.6 Å². The summed E-state index contributed by atoms with van der Waals surface area (Å²) >= 11 is 0. The number of hydrogen-bond acceptors (Lipinski definition) is 6. The predicted molar refractivity (Wildman–Crippen MR) is 42.7 cm³/mol. The van der Waals surface area contributed by atoms with Crippen molar-refractivity contribution in [2.24, 2.45) is 16.9 Å². The van der Waals surface area contributed by atoms with Crippen LogP contribution in [-0.2, 0) is 31.5 Å². The molecule has 0 aromatic rings. The average molecular weight is 447 g/mol. The van der Waals surface area contributed by atoms with Gasteiger partial charge in [0.15, 0.2) is 0 Å². The first-order valence-corrected chi connectivity index (χ1v) is 4.84. The molecule has 4 N–H and O–H groups in total. The van der Waals surface area contributed by atoms with Crippen molar-refractivity contribution < 1.29 is 51.8 Å². The quantitative estimate of drug-likeness (QED) is 0.418. The maximum absolute atomic E-state index is 11.9. The van der Waals surface area contributed by atoms with Gasteiger partial charge >= 0.3 is 27.2 Å². The summed E-state index contributed by atoms with van der Waals surface area (Å²) in [5.74, 6) is 0. The summed E-state index contributed by atoms with van der Waals surface area (Å²) < 4.78 is 69.9. The Hall–Kier alpha value is 0.268. The molecular formula is C5H11F3N2O4PtS. The molecule has 0 aliphatic heterocycles. The Morgan fingerprint density at radius 2 is 1.31 bits per heavy atom. The van der Waals surface area contributed by atoms with Crippen molar-refractivity contribution >= 4 is 10.4 Å². The molecule has 0 saturated carbocycles. The summed E-state index contributed by atoms with van der Waals surface area (Å²) in [7, 11) is -5.17. The molecule has 0 saturated heterocycles. The van der Waals surface area contributed by atoms with Crippen LogP contribution in [0.3, 0.4) is 0 Å². The second-order valence-electron chi connectivity index (χ2n) is 2.87. The molecule has 0 bridgehead atoms. The van der Waals surface area contributed by atoms with Crippen LogP contribution in [0.2, 0.25) is 0 Å². The third-order valence-corrected chi connectivity index (χ3v) is 1.59. The van der Waals surface area contributed by atoms with Crippen LogP contribution in [0, 0.1) is 5.41 Å². The first-order chi connectivity index (χ1) is 6.37. The van der Waals surface area contributed by atoms with Gasteiger partial charge in [-0.1, -0.05) is 0 Å². The maximum Gasteiger partial charge on any atom is 2.00 e. The number of alkyl halides is 3. The van der Waals surface area contributed by atoms with Crippen LogP contribution >= 0.6 is 0 Å². The maximum atomic E-state index is 11.9. The fourth-order valence-electron chi connectivity index (χ4n) is 0.315. The molecule has 102 valence electrons. The van der Waals surface area contributed by atoms with E-state index in [2.05, 4.69) is 0 Å². The zero-order valence-corrected chi connectivity index (χ0v) is 11.1. The van der Waals surface area contributed by atoms with E-state index >= 15 is 0 Å². The Morgan fingerprint density at radius 1 is 1.12 bits per heavy atom. The summed E-state index contributed by atoms with van der Waals surface area (Å²) in [5.41, 5.74) is 7.88. The van der Waals surface area contributed by atoms with Gasteiger partial charge in [-0.3, -0.25) is 8.42 Å². The van der Waals surface area contributed by atoms with Crippen LogP contribution in [0.1, 0.15) is 6.92 Å². The first-order valence-electron chi connectivity index (χ1n) is 3.51. The van der Waals surface area contributed by atoms with Crippen LogP contribution in [-0.4, -0.2) is 36.8 Å². The molecule has 0 atom stereocenters. The van der Waals surface area contributed by atoms with E-state index in [1.165, 1.54) is 0 Å². The molecule has 0 aromatic carbocycles. The molecule has 0 heterocycles. The SMILES string of the molecule is CC(CN)(CN)C(F)(F)F.O=S(=O)([O-])[O-].[Pt+2]. The van der Waals surface area contributed by atoms with Crippen molar-refractivity contribution in [2.45, 2.75) is 13.1 Å². The summed E-state index contributed by atoms with van der Waals surface area (Å²) in [6, 6.07) is 0. The van der Waals surface area contributed by atoms with E-state index in [1.807, 2.05) is 0 Å². The average Bonchev–Trinajstić information content (AvgIpc) is 1.97. The van der Waals surface area contributed by atoms with E-state index in [4.69, 9.17) is 29.0 Å². The van der Waals surface area contributed by atoms with Crippen molar-refractivity contribution in [2.75, 3.05) is 13.1 Å². The summed E-state index contributed by atoms with van der Waals surface area (Å²) in [4.78, 5) is 0. The monoisotopic (exact) mass is 447 g/mol. The van der Waals surface area contributed by atoms with Crippen LogP contribution in [0.15, 0.2) is 0 Å². The van der Waals surface area contributed by atoms with Gasteiger partial charge in [-0.05, 0) is 6.92 Å². The van der Waals surface area contributed by atoms with Gasteiger partial charge in [-0.15, -0.1) is 0 Å². The zero-order chi connectivity index (χ0) is 12.9. The minimum absolute atomic E-state index is 0. The molecule has 0 amide bonds. The topological polar surface area (TPSA) is 132 Å². The number of nitrogens with two attached hydrogens (primary N) is 2. The molecule has 0 radical (unpaired) electrons. The third-order valence-electron chi connectivity index (χ3n) is 1.59. The molecular weight excluding hydrogens is 436 g/mol. The molecule has 6 nitrogen and oxygen atoms in total. The van der Waals surface area contributed by atoms with Gasteiger partial charge in [0.05, 0.1) is 5.41 Å².